The number of phenols is 1. The van der Waals surface area contributed by atoms with Crippen molar-refractivity contribution < 1.29 is 36.9 Å². The lowest BCUT2D eigenvalue weighted by molar-refractivity contribution is 0.343. The van der Waals surface area contributed by atoms with Gasteiger partial charge >= 0.3 is 0 Å². The summed E-state index contributed by atoms with van der Waals surface area (Å²) >= 11 is 25.0. The fraction of sp³-hybridized carbons (Fsp3) is 0.220. The number of aromatic hydroxyl groups is 1. The quantitative estimate of drug-likeness (QED) is 0.121. The molecular formula is C41H30Cl4F4N4O6. The first-order valence-corrected chi connectivity index (χ1v) is 19.5. The Bertz CT molecular complexity index is 2780. The van der Waals surface area contributed by atoms with Gasteiger partial charge in [-0.05, 0) is 74.2 Å². The van der Waals surface area contributed by atoms with Gasteiger partial charge in [-0.15, -0.1) is 6.42 Å². The predicted octanol–water partition coefficient (Wildman–Crippen LogP) is 10.7. The Balaban J connectivity index is 0.000000180. The zero-order valence-electron chi connectivity index (χ0n) is 30.5. The molecule has 2 aromatic heterocycles. The number of fused-ring (bicyclic) bond motifs is 2. The molecule has 0 aliphatic carbocycles. The van der Waals surface area contributed by atoms with Crippen LogP contribution in [0.25, 0.3) is 22.3 Å². The highest BCUT2D eigenvalue weighted by atomic mass is 35.5. The third-order valence-electron chi connectivity index (χ3n) is 9.48. The van der Waals surface area contributed by atoms with E-state index >= 15 is 0 Å². The summed E-state index contributed by atoms with van der Waals surface area (Å²) in [6.45, 7) is 2.03. The van der Waals surface area contributed by atoms with Crippen LogP contribution in [0.5, 0.6) is 34.5 Å². The molecule has 0 amide bonds. The van der Waals surface area contributed by atoms with Gasteiger partial charge in [0.1, 0.15) is 51.7 Å². The molecule has 6 aromatic rings. The maximum atomic E-state index is 14.8. The van der Waals surface area contributed by atoms with E-state index in [9.17, 15) is 32.3 Å². The number of ether oxygens (including phenoxy) is 3. The molecule has 10 nitrogen and oxygen atoms in total. The Hall–Kier alpha value is -5.46. The Morgan fingerprint density at radius 3 is 1.49 bits per heavy atom. The third-order valence-corrected chi connectivity index (χ3v) is 10.8. The second-order valence-electron chi connectivity index (χ2n) is 13.3. The molecular weight excluding hydrogens is 862 g/mol. The molecule has 0 saturated heterocycles. The van der Waals surface area contributed by atoms with Crippen molar-refractivity contribution in [2.45, 2.75) is 51.9 Å². The largest absolute Gasteiger partial charge is 0.504 e. The molecule has 0 fully saturated rings. The normalized spacial score (nSPS) is 13.1. The Morgan fingerprint density at radius 2 is 1.03 bits per heavy atom. The van der Waals surface area contributed by atoms with Crippen LogP contribution in [0.3, 0.4) is 0 Å². The smallest absolute Gasteiger partial charge is 0.276 e. The molecule has 306 valence electrons. The van der Waals surface area contributed by atoms with Gasteiger partial charge in [0, 0.05) is 49.4 Å². The van der Waals surface area contributed by atoms with Crippen LogP contribution >= 0.6 is 46.4 Å². The molecule has 1 N–H and O–H groups in total. The standard InChI is InChI=1S/C22H16Cl2F2N2O3.C19H14Cl2F2N2O3/c1-2-9-30-19-10-13(25)5-6-17(19)31-18-11-14(16(26)12-15(18)23)20-21(24)27-7-3-4-8-28(27)22(20)29;20-12-9-13(23)11(8-16(12)28-15-4-3-10(22)7-14(15)26)17-18(21)24-5-1-2-6-25(24)19(17)27/h1,5-6,10-12H,3-4,7-9H2;3-4,7-9,26H,1-2,5-6H2. The number of aromatic nitrogens is 4. The van der Waals surface area contributed by atoms with Crippen molar-refractivity contribution in [3.63, 3.8) is 0 Å². The van der Waals surface area contributed by atoms with Gasteiger partial charge in [-0.1, -0.05) is 52.3 Å². The summed E-state index contributed by atoms with van der Waals surface area (Å²) in [7, 11) is 0. The summed E-state index contributed by atoms with van der Waals surface area (Å²) in [5.41, 5.74) is -0.850. The minimum absolute atomic E-state index is 0.00962. The van der Waals surface area contributed by atoms with Gasteiger partial charge < -0.3 is 19.3 Å². The molecule has 0 saturated carbocycles. The number of rotatable bonds is 8. The minimum atomic E-state index is -0.733. The van der Waals surface area contributed by atoms with E-state index in [1.54, 1.807) is 9.36 Å². The topological polar surface area (TPSA) is 102 Å². The van der Waals surface area contributed by atoms with Gasteiger partial charge in [-0.25, -0.2) is 26.9 Å². The first-order valence-electron chi connectivity index (χ1n) is 17.9. The molecule has 0 atom stereocenters. The molecule has 0 bridgehead atoms. The molecule has 4 aromatic carbocycles. The fourth-order valence-corrected chi connectivity index (χ4v) is 7.81. The molecule has 0 radical (unpaired) electrons. The van der Waals surface area contributed by atoms with Crippen LogP contribution in [0.2, 0.25) is 20.4 Å². The molecule has 4 heterocycles. The van der Waals surface area contributed by atoms with Crippen molar-refractivity contribution in [3.05, 3.63) is 125 Å². The van der Waals surface area contributed by atoms with Crippen LogP contribution in [-0.4, -0.2) is 30.4 Å². The highest BCUT2D eigenvalue weighted by Crippen LogP contribution is 2.42. The molecule has 2 aliphatic heterocycles. The van der Waals surface area contributed by atoms with Gasteiger partial charge in [0.05, 0.1) is 21.2 Å². The number of hydrogen-bond acceptors (Lipinski definition) is 6. The SMILES string of the molecule is C#CCOc1cc(F)ccc1Oc1cc(-c2c(Cl)n3n(c2=O)CCCC3)c(F)cc1Cl.O=c1c(-c2cc(Oc3ccc(F)cc3O)c(Cl)cc2F)c(Cl)n2n1CCCC2. The summed E-state index contributed by atoms with van der Waals surface area (Å²) in [6.07, 6.45) is 8.60. The Kier molecular flexibility index (Phi) is 12.3. The highest BCUT2D eigenvalue weighted by molar-refractivity contribution is 6.34. The third kappa shape index (κ3) is 8.38. The summed E-state index contributed by atoms with van der Waals surface area (Å²) in [4.78, 5) is 25.7. The van der Waals surface area contributed by atoms with Crippen LogP contribution < -0.4 is 25.3 Å². The van der Waals surface area contributed by atoms with Crippen molar-refractivity contribution >= 4 is 46.4 Å². The van der Waals surface area contributed by atoms with Gasteiger partial charge in [0.15, 0.2) is 23.0 Å². The van der Waals surface area contributed by atoms with Crippen LogP contribution in [0.4, 0.5) is 17.6 Å². The average Bonchev–Trinajstić information content (AvgIpc) is 3.61. The lowest BCUT2D eigenvalue weighted by atomic mass is 10.1. The minimum Gasteiger partial charge on any atom is -0.504 e. The van der Waals surface area contributed by atoms with Crippen molar-refractivity contribution in [3.8, 4) is 69.1 Å². The first-order chi connectivity index (χ1) is 28.3. The average molecular weight is 893 g/mol. The van der Waals surface area contributed by atoms with Crippen molar-refractivity contribution in [1.29, 1.82) is 0 Å². The molecule has 8 rings (SSSR count). The summed E-state index contributed by atoms with van der Waals surface area (Å²) in [5.74, 6) is -0.674. The van der Waals surface area contributed by atoms with E-state index in [-0.39, 0.29) is 78.0 Å². The van der Waals surface area contributed by atoms with Crippen molar-refractivity contribution in [2.24, 2.45) is 0 Å². The first kappa shape index (κ1) is 41.7. The number of nitrogens with zero attached hydrogens (tertiary/aromatic N) is 4. The molecule has 2 aliphatic rings. The lowest BCUT2D eigenvalue weighted by Gasteiger charge is -2.17. The number of terminal acetylenes is 1. The van der Waals surface area contributed by atoms with E-state index < -0.39 is 40.1 Å². The lowest BCUT2D eigenvalue weighted by Crippen LogP contribution is -2.27. The monoisotopic (exact) mass is 890 g/mol. The van der Waals surface area contributed by atoms with Crippen LogP contribution in [-0.2, 0) is 26.2 Å². The number of phenolic OH excluding ortho intramolecular Hbond substituents is 1. The van der Waals surface area contributed by atoms with Crippen LogP contribution in [0.1, 0.15) is 25.7 Å². The van der Waals surface area contributed by atoms with E-state index in [4.69, 9.17) is 67.0 Å². The van der Waals surface area contributed by atoms with E-state index in [1.807, 2.05) is 0 Å². The zero-order valence-corrected chi connectivity index (χ0v) is 33.5. The van der Waals surface area contributed by atoms with Crippen molar-refractivity contribution in [2.75, 3.05) is 6.61 Å². The second-order valence-corrected chi connectivity index (χ2v) is 14.8. The maximum absolute atomic E-state index is 14.8. The Labute approximate surface area is 353 Å². The van der Waals surface area contributed by atoms with Gasteiger partial charge in [0.2, 0.25) is 0 Å². The molecule has 0 spiro atoms. The summed E-state index contributed by atoms with van der Waals surface area (Å²) < 4.78 is 79.1. The molecule has 0 unspecified atom stereocenters. The van der Waals surface area contributed by atoms with E-state index in [0.29, 0.717) is 26.2 Å². The van der Waals surface area contributed by atoms with Crippen LogP contribution in [0.15, 0.2) is 70.3 Å². The van der Waals surface area contributed by atoms with E-state index in [1.165, 1.54) is 39.7 Å². The molecule has 18 heteroatoms. The van der Waals surface area contributed by atoms with Gasteiger partial charge in [0.25, 0.3) is 11.1 Å². The van der Waals surface area contributed by atoms with Gasteiger partial charge in [-0.2, -0.15) is 0 Å². The second kappa shape index (κ2) is 17.4. The highest BCUT2D eigenvalue weighted by Gasteiger charge is 2.27. The van der Waals surface area contributed by atoms with Crippen molar-refractivity contribution in [1.82, 2.24) is 18.7 Å². The Morgan fingerprint density at radius 1 is 0.593 bits per heavy atom. The summed E-state index contributed by atoms with van der Waals surface area (Å²) in [6, 6.07) is 11.4. The fourth-order valence-electron chi connectivity index (χ4n) is 6.72. The predicted molar refractivity (Wildman–Crippen MR) is 216 cm³/mol. The summed E-state index contributed by atoms with van der Waals surface area (Å²) in [5, 5.41) is 9.99. The van der Waals surface area contributed by atoms with Crippen LogP contribution in [0, 0.1) is 35.6 Å². The number of halogens is 8. The number of hydrogen-bond donors (Lipinski definition) is 1. The maximum Gasteiger partial charge on any atom is 0.276 e. The van der Waals surface area contributed by atoms with E-state index in [0.717, 1.165) is 56.0 Å². The molecule has 59 heavy (non-hydrogen) atoms. The zero-order chi connectivity index (χ0) is 42.1. The van der Waals surface area contributed by atoms with Gasteiger partial charge in [-0.3, -0.25) is 19.0 Å². The van der Waals surface area contributed by atoms with E-state index in [2.05, 4.69) is 5.92 Å². The number of benzene rings is 4.